The van der Waals surface area contributed by atoms with Crippen molar-refractivity contribution in [3.8, 4) is 0 Å². The Bertz CT molecular complexity index is 1270. The predicted molar refractivity (Wildman–Crippen MR) is 285 cm³/mol. The van der Waals surface area contributed by atoms with E-state index in [2.05, 4.69) is 162 Å². The first kappa shape index (κ1) is 80.2. The normalized spacial score (nSPS) is 12.0. The third-order valence-corrected chi connectivity index (χ3v) is 7.59. The Kier molecular flexibility index (Phi) is 47.0. The molecule has 0 heterocycles. The molecule has 0 atom stereocenters. The number of amidine groups is 2. The molecule has 0 saturated heterocycles. The van der Waals surface area contributed by atoms with Crippen molar-refractivity contribution in [3.05, 3.63) is 10.6 Å². The van der Waals surface area contributed by atoms with Gasteiger partial charge in [-0.05, 0) is 40.4 Å². The van der Waals surface area contributed by atoms with Gasteiger partial charge in [0, 0.05) is 143 Å². The van der Waals surface area contributed by atoms with Crippen LogP contribution in [-0.4, -0.2) is 183 Å². The molecule has 0 aliphatic rings. The minimum Gasteiger partial charge on any atom is -0.665 e. The van der Waals surface area contributed by atoms with Crippen molar-refractivity contribution in [2.45, 2.75) is 145 Å². The van der Waals surface area contributed by atoms with Crippen molar-refractivity contribution >= 4 is 29.6 Å². The van der Waals surface area contributed by atoms with Gasteiger partial charge in [0.1, 0.15) is 0 Å². The van der Waals surface area contributed by atoms with E-state index in [1.807, 2.05) is 73.1 Å². The number of hydrogen-bond acceptors (Lipinski definition) is 5. The molecular formula is C50H111N11O2Rh2-2. The summed E-state index contributed by atoms with van der Waals surface area (Å²) in [5, 5.41) is 8.05. The number of hydrogen-bond donors (Lipinski definition) is 0. The predicted octanol–water partition coefficient (Wildman–Crippen LogP) is 11.2. The van der Waals surface area contributed by atoms with Crippen molar-refractivity contribution in [1.82, 2.24) is 29.4 Å². The largest absolute Gasteiger partial charge is 0.665 e. The summed E-state index contributed by atoms with van der Waals surface area (Å²) >= 11 is 0. The first-order valence-electron chi connectivity index (χ1n) is 22.5. The summed E-state index contributed by atoms with van der Waals surface area (Å²) in [6.45, 7) is 47.2. The molecule has 0 N–H and O–H groups in total. The molecule has 0 fully saturated rings. The second-order valence-electron chi connectivity index (χ2n) is 24.3. The Morgan fingerprint density at radius 3 is 1.02 bits per heavy atom. The number of carbonyl (C=O) groups is 2. The zero-order valence-corrected chi connectivity index (χ0v) is 52.4. The zero-order valence-electron chi connectivity index (χ0n) is 49.1. The van der Waals surface area contributed by atoms with Gasteiger partial charge < -0.3 is 45.0 Å². The van der Waals surface area contributed by atoms with Crippen molar-refractivity contribution in [3.63, 3.8) is 0 Å². The second kappa shape index (κ2) is 38.1. The molecule has 398 valence electrons. The number of aliphatic imine (C=N–C) groups is 3. The molecule has 0 aliphatic heterocycles. The van der Waals surface area contributed by atoms with Crippen LogP contribution >= 0.6 is 0 Å². The van der Waals surface area contributed by atoms with Crippen LogP contribution in [0.2, 0.25) is 0 Å². The number of rotatable bonds is 6. The molecule has 0 bridgehead atoms. The Balaban J connectivity index is -0.000000100. The number of carbonyl (C=O) groups excluding carboxylic acids is 2. The molecule has 0 aromatic heterocycles. The molecule has 0 rings (SSSR count). The molecule has 0 unspecified atom stereocenters. The zero-order chi connectivity index (χ0) is 52.1. The van der Waals surface area contributed by atoms with E-state index in [1.54, 1.807) is 49.8 Å². The van der Waals surface area contributed by atoms with E-state index in [0.717, 1.165) is 56.8 Å². The fourth-order valence-corrected chi connectivity index (χ4v) is 5.14. The van der Waals surface area contributed by atoms with Crippen LogP contribution in [0.15, 0.2) is 15.0 Å². The van der Waals surface area contributed by atoms with E-state index < -0.39 is 0 Å². The van der Waals surface area contributed by atoms with Crippen LogP contribution in [0.1, 0.15) is 145 Å². The quantitative estimate of drug-likeness (QED) is 0.149. The number of nitrogens with zero attached hydrogens (tertiary/aromatic N) is 11. The first-order chi connectivity index (χ1) is 27.7. The summed E-state index contributed by atoms with van der Waals surface area (Å²) in [4.78, 5) is 46.1. The van der Waals surface area contributed by atoms with Gasteiger partial charge in [-0.25, -0.2) is 4.79 Å². The monoisotopic (exact) mass is 1100 g/mol. The van der Waals surface area contributed by atoms with Crippen molar-refractivity contribution in [1.29, 1.82) is 0 Å². The van der Waals surface area contributed by atoms with Gasteiger partial charge in [0.05, 0.1) is 5.84 Å². The Morgan fingerprint density at radius 2 is 0.846 bits per heavy atom. The smallest absolute Gasteiger partial charge is 0.319 e. The minimum atomic E-state index is 0. The molecule has 15 heteroatoms. The average molecular weight is 1100 g/mol. The molecule has 65 heavy (non-hydrogen) atoms. The summed E-state index contributed by atoms with van der Waals surface area (Å²) in [7, 11) is 24.6. The van der Waals surface area contributed by atoms with E-state index >= 15 is 0 Å². The molecule has 0 spiro atoms. The fourth-order valence-electron chi connectivity index (χ4n) is 5.14. The van der Waals surface area contributed by atoms with Crippen LogP contribution in [-0.2, 0) is 43.8 Å². The number of urea groups is 1. The van der Waals surface area contributed by atoms with Gasteiger partial charge in [-0.2, -0.15) is 7.05 Å². The molecule has 0 saturated carbocycles. The van der Waals surface area contributed by atoms with E-state index in [9.17, 15) is 9.59 Å². The molecule has 2 radical (unpaired) electrons. The van der Waals surface area contributed by atoms with E-state index in [1.165, 1.54) is 0 Å². The molecule has 3 amide bonds. The Labute approximate surface area is 432 Å². The summed E-state index contributed by atoms with van der Waals surface area (Å²) in [5.74, 6) is 3.21. The van der Waals surface area contributed by atoms with Crippen LogP contribution in [0, 0.1) is 32.5 Å². The average Bonchev–Trinajstić information content (AvgIpc) is 3.03. The standard InChI is InChI=1S/C10H23N3.C9H20N2O.C9H20N2.C8H17N2.C8H17NO.C6H14N.2Rh/c1-10(2,3)8-13(7)9(11-4)12(5)6;1-9(2,3)7-11(6)8(12)10(4)5;1-8(11(5)6)10-7-9(2,3)4;1-8(2,3)6-7(9-4)10-5;1-7(10)9(5)6-8(2,3)4;1-6(2,3)5-7-4;;/h8H2,1-7H3;7H2,1-6H3;7H2,1-6H3;2*6H2,1-5H3;5H2,1-4H3;;/q;;;-1;;-1;;. The van der Waals surface area contributed by atoms with Crippen molar-refractivity contribution in [2.24, 2.45) is 47.5 Å². The molecular weight excluding hydrogens is 992 g/mol. The van der Waals surface area contributed by atoms with Crippen LogP contribution in [0.3, 0.4) is 0 Å². The Hall–Kier alpha value is -1.84. The van der Waals surface area contributed by atoms with Gasteiger partial charge in [0.15, 0.2) is 5.96 Å². The van der Waals surface area contributed by atoms with Crippen LogP contribution < -0.4 is 0 Å². The summed E-state index contributed by atoms with van der Waals surface area (Å²) < 4.78 is 0. The van der Waals surface area contributed by atoms with Gasteiger partial charge in [-0.1, -0.05) is 150 Å². The SMILES string of the molecule is CC(=NCC(C)(C)C)N(C)C.CC(=O)N(C)CC(C)(C)C.CN(C)C(=O)N(C)CC(C)(C)C.CN=C(CC(C)(C)C)[N-]C.CN=C(N(C)C)N(C)CC(C)(C)C.C[N-]CC(C)(C)C.[Rh].[Rh]. The summed E-state index contributed by atoms with van der Waals surface area (Å²) in [6, 6.07) is 0.0601. The maximum Gasteiger partial charge on any atom is 0.319 e. The third kappa shape index (κ3) is 66.5. The molecule has 0 aliphatic carbocycles. The number of amides is 3. The molecule has 0 aromatic rings. The van der Waals surface area contributed by atoms with Gasteiger partial charge in [-0.3, -0.25) is 14.8 Å². The fraction of sp³-hybridized carbons (Fsp3) is 0.900. The Morgan fingerprint density at radius 1 is 0.477 bits per heavy atom. The third-order valence-electron chi connectivity index (χ3n) is 7.59. The second-order valence-corrected chi connectivity index (χ2v) is 24.3. The molecule has 13 nitrogen and oxygen atoms in total. The summed E-state index contributed by atoms with van der Waals surface area (Å²) in [5.41, 5.74) is 1.67. The summed E-state index contributed by atoms with van der Waals surface area (Å²) in [6.07, 6.45) is 0.958. The van der Waals surface area contributed by atoms with Gasteiger partial charge >= 0.3 is 6.03 Å². The van der Waals surface area contributed by atoms with Gasteiger partial charge in [0.2, 0.25) is 5.91 Å². The van der Waals surface area contributed by atoms with Crippen LogP contribution in [0.5, 0.6) is 0 Å². The maximum absolute atomic E-state index is 11.4. The van der Waals surface area contributed by atoms with E-state index in [4.69, 9.17) is 0 Å². The van der Waals surface area contributed by atoms with E-state index in [0.29, 0.717) is 21.7 Å². The van der Waals surface area contributed by atoms with Crippen LogP contribution in [0.4, 0.5) is 4.79 Å². The van der Waals surface area contributed by atoms with Crippen molar-refractivity contribution < 1.29 is 48.5 Å². The minimum absolute atomic E-state index is 0. The number of guanidine groups is 1. The molecule has 0 aromatic carbocycles. The van der Waals surface area contributed by atoms with Crippen LogP contribution in [0.25, 0.3) is 10.6 Å². The maximum atomic E-state index is 11.4. The van der Waals surface area contributed by atoms with Gasteiger partial charge in [0.25, 0.3) is 0 Å². The van der Waals surface area contributed by atoms with Crippen molar-refractivity contribution in [2.75, 3.05) is 124 Å². The van der Waals surface area contributed by atoms with Gasteiger partial charge in [-0.15, -0.1) is 6.54 Å². The first-order valence-corrected chi connectivity index (χ1v) is 22.5. The topological polar surface area (TPSA) is 119 Å². The van der Waals surface area contributed by atoms with E-state index in [-0.39, 0.29) is 61.7 Å².